The van der Waals surface area contributed by atoms with Crippen LogP contribution in [0.2, 0.25) is 0 Å². The molecule has 0 heterocycles. The summed E-state index contributed by atoms with van der Waals surface area (Å²) in [5.74, 6) is -0.663. The topological polar surface area (TPSA) is 69.4 Å². The van der Waals surface area contributed by atoms with Crippen LogP contribution in [-0.4, -0.2) is 18.4 Å². The molecule has 2 N–H and O–H groups in total. The molecule has 0 amide bonds. The minimum atomic E-state index is -0.560. The predicted molar refractivity (Wildman–Crippen MR) is 60.5 cm³/mol. The van der Waals surface area contributed by atoms with Crippen molar-refractivity contribution in [2.75, 3.05) is 6.61 Å². The van der Waals surface area contributed by atoms with Gasteiger partial charge in [0.1, 0.15) is 0 Å². The summed E-state index contributed by atoms with van der Waals surface area (Å²) in [5, 5.41) is 0. The van der Waals surface area contributed by atoms with Gasteiger partial charge in [0.05, 0.1) is 17.8 Å². The summed E-state index contributed by atoms with van der Waals surface area (Å²) in [6.07, 6.45) is 2.74. The summed E-state index contributed by atoms with van der Waals surface area (Å²) in [6, 6.07) is 0. The molecule has 0 unspecified atom stereocenters. The van der Waals surface area contributed by atoms with Gasteiger partial charge in [-0.05, 0) is 26.2 Å². The number of esters is 1. The van der Waals surface area contributed by atoms with Crippen LogP contribution in [0.5, 0.6) is 0 Å². The van der Waals surface area contributed by atoms with Gasteiger partial charge in [0.15, 0.2) is 5.78 Å². The first-order valence-corrected chi connectivity index (χ1v) is 5.46. The highest BCUT2D eigenvalue weighted by Gasteiger charge is 2.24. The molecule has 0 radical (unpaired) electrons. The highest BCUT2D eigenvalue weighted by Crippen LogP contribution is 2.23. The van der Waals surface area contributed by atoms with E-state index in [1.165, 1.54) is 0 Å². The highest BCUT2D eigenvalue weighted by molar-refractivity contribution is 6.10. The van der Waals surface area contributed by atoms with Gasteiger partial charge in [-0.1, -0.05) is 6.58 Å². The van der Waals surface area contributed by atoms with Crippen LogP contribution in [-0.2, 0) is 14.3 Å². The lowest BCUT2D eigenvalue weighted by Gasteiger charge is -2.10. The molecule has 0 aliphatic heterocycles. The smallest absolute Gasteiger partial charge is 0.338 e. The number of allylic oxidation sites excluding steroid dienone is 1. The van der Waals surface area contributed by atoms with Crippen LogP contribution < -0.4 is 5.73 Å². The lowest BCUT2D eigenvalue weighted by molar-refractivity contribution is -0.138. The van der Waals surface area contributed by atoms with E-state index >= 15 is 0 Å². The molecular weight excluding hydrogens is 206 g/mol. The Bertz CT molecular complexity index is 355. The SMILES string of the molecule is C=C(C(=O)OCC)C1=C(N)CCCCC1=O. The van der Waals surface area contributed by atoms with Gasteiger partial charge >= 0.3 is 5.97 Å². The largest absolute Gasteiger partial charge is 0.462 e. The Morgan fingerprint density at radius 1 is 1.44 bits per heavy atom. The summed E-state index contributed by atoms with van der Waals surface area (Å²) in [7, 11) is 0. The summed E-state index contributed by atoms with van der Waals surface area (Å²) in [6.45, 7) is 5.58. The third kappa shape index (κ3) is 2.72. The van der Waals surface area contributed by atoms with Crippen molar-refractivity contribution in [2.45, 2.75) is 32.6 Å². The standard InChI is InChI=1S/C12H17NO3/c1-3-16-12(15)8(2)11-9(13)6-4-5-7-10(11)14/h2-7,13H2,1H3. The number of Topliss-reactive ketones (excluding diaryl/α,β-unsaturated/α-hetero) is 1. The van der Waals surface area contributed by atoms with E-state index in [2.05, 4.69) is 6.58 Å². The van der Waals surface area contributed by atoms with E-state index in [1.807, 2.05) is 0 Å². The average molecular weight is 223 g/mol. The molecule has 0 saturated carbocycles. The number of hydrogen-bond acceptors (Lipinski definition) is 4. The zero-order valence-electron chi connectivity index (χ0n) is 9.54. The molecule has 0 spiro atoms. The molecule has 0 saturated heterocycles. The summed E-state index contributed by atoms with van der Waals surface area (Å²) < 4.78 is 4.81. The lowest BCUT2D eigenvalue weighted by Crippen LogP contribution is -2.17. The molecule has 0 fully saturated rings. The molecule has 1 rings (SSSR count). The van der Waals surface area contributed by atoms with Crippen LogP contribution in [0.4, 0.5) is 0 Å². The quantitative estimate of drug-likeness (QED) is 0.581. The van der Waals surface area contributed by atoms with Crippen molar-refractivity contribution in [3.63, 3.8) is 0 Å². The maximum absolute atomic E-state index is 11.8. The maximum Gasteiger partial charge on any atom is 0.338 e. The Kier molecular flexibility index (Phi) is 4.28. The van der Waals surface area contributed by atoms with Crippen LogP contribution in [0.3, 0.4) is 0 Å². The second kappa shape index (κ2) is 5.49. The van der Waals surface area contributed by atoms with Gasteiger partial charge in [-0.15, -0.1) is 0 Å². The Labute approximate surface area is 95.1 Å². The van der Waals surface area contributed by atoms with Crippen molar-refractivity contribution in [3.8, 4) is 0 Å². The van der Waals surface area contributed by atoms with Gasteiger partial charge in [0.2, 0.25) is 0 Å². The molecule has 0 aromatic rings. The van der Waals surface area contributed by atoms with Crippen molar-refractivity contribution < 1.29 is 14.3 Å². The van der Waals surface area contributed by atoms with Gasteiger partial charge in [0.25, 0.3) is 0 Å². The van der Waals surface area contributed by atoms with Crippen molar-refractivity contribution in [2.24, 2.45) is 5.73 Å². The fourth-order valence-electron chi connectivity index (χ4n) is 1.71. The van der Waals surface area contributed by atoms with E-state index in [-0.39, 0.29) is 23.5 Å². The van der Waals surface area contributed by atoms with Gasteiger partial charge in [-0.25, -0.2) is 4.79 Å². The number of ether oxygens (including phenoxy) is 1. The van der Waals surface area contributed by atoms with Gasteiger partial charge in [-0.2, -0.15) is 0 Å². The van der Waals surface area contributed by atoms with Crippen LogP contribution in [0, 0.1) is 0 Å². The van der Waals surface area contributed by atoms with Gasteiger partial charge < -0.3 is 10.5 Å². The van der Waals surface area contributed by atoms with E-state index in [4.69, 9.17) is 10.5 Å². The van der Waals surface area contributed by atoms with E-state index in [0.29, 0.717) is 18.5 Å². The number of carbonyl (C=O) groups is 2. The molecule has 0 atom stereocenters. The molecule has 0 aromatic heterocycles. The number of carbonyl (C=O) groups excluding carboxylic acids is 2. The van der Waals surface area contributed by atoms with Crippen molar-refractivity contribution in [3.05, 3.63) is 23.4 Å². The number of rotatable bonds is 3. The van der Waals surface area contributed by atoms with Crippen molar-refractivity contribution >= 4 is 11.8 Å². The first-order valence-electron chi connectivity index (χ1n) is 5.46. The first kappa shape index (κ1) is 12.5. The van der Waals surface area contributed by atoms with E-state index < -0.39 is 5.97 Å². The van der Waals surface area contributed by atoms with Crippen LogP contribution in [0.25, 0.3) is 0 Å². The molecule has 1 aliphatic carbocycles. The Hall–Kier alpha value is -1.58. The molecule has 0 bridgehead atoms. The summed E-state index contributed by atoms with van der Waals surface area (Å²) >= 11 is 0. The first-order chi connectivity index (χ1) is 7.57. The zero-order valence-corrected chi connectivity index (χ0v) is 9.54. The van der Waals surface area contributed by atoms with Crippen molar-refractivity contribution in [1.29, 1.82) is 0 Å². The minimum Gasteiger partial charge on any atom is -0.462 e. The third-order valence-electron chi connectivity index (χ3n) is 2.52. The van der Waals surface area contributed by atoms with Crippen LogP contribution >= 0.6 is 0 Å². The highest BCUT2D eigenvalue weighted by atomic mass is 16.5. The minimum absolute atomic E-state index is 0.0891. The number of hydrogen-bond donors (Lipinski definition) is 1. The molecule has 16 heavy (non-hydrogen) atoms. The normalized spacial score (nSPS) is 16.9. The molecular formula is C12H17NO3. The Morgan fingerprint density at radius 2 is 2.06 bits per heavy atom. The number of ketones is 1. The fourth-order valence-corrected chi connectivity index (χ4v) is 1.71. The Balaban J connectivity index is 2.94. The summed E-state index contributed by atoms with van der Waals surface area (Å²) in [5.41, 5.74) is 6.62. The van der Waals surface area contributed by atoms with E-state index in [9.17, 15) is 9.59 Å². The van der Waals surface area contributed by atoms with E-state index in [0.717, 1.165) is 12.8 Å². The average Bonchev–Trinajstić information content (AvgIpc) is 2.39. The second-order valence-corrected chi connectivity index (χ2v) is 3.73. The second-order valence-electron chi connectivity index (χ2n) is 3.73. The molecule has 88 valence electrons. The third-order valence-corrected chi connectivity index (χ3v) is 2.52. The van der Waals surface area contributed by atoms with Crippen LogP contribution in [0.1, 0.15) is 32.6 Å². The monoisotopic (exact) mass is 223 g/mol. The number of nitrogens with two attached hydrogens (primary N) is 1. The van der Waals surface area contributed by atoms with E-state index in [1.54, 1.807) is 6.92 Å². The zero-order chi connectivity index (χ0) is 12.1. The molecule has 4 heteroatoms. The fraction of sp³-hybridized carbons (Fsp3) is 0.500. The molecule has 4 nitrogen and oxygen atoms in total. The van der Waals surface area contributed by atoms with Gasteiger partial charge in [-0.3, -0.25) is 4.79 Å². The molecule has 0 aromatic carbocycles. The molecule has 1 aliphatic rings. The lowest BCUT2D eigenvalue weighted by atomic mass is 10.00. The Morgan fingerprint density at radius 3 is 2.69 bits per heavy atom. The maximum atomic E-state index is 11.8. The van der Waals surface area contributed by atoms with Crippen molar-refractivity contribution in [1.82, 2.24) is 0 Å². The summed E-state index contributed by atoms with van der Waals surface area (Å²) in [4.78, 5) is 23.3. The van der Waals surface area contributed by atoms with Crippen LogP contribution in [0.15, 0.2) is 23.4 Å². The van der Waals surface area contributed by atoms with Gasteiger partial charge in [0, 0.05) is 12.1 Å². The predicted octanol–water partition coefficient (Wildman–Crippen LogP) is 1.46.